The molecule has 0 saturated carbocycles. The molecule has 5 aromatic carbocycles. The van der Waals surface area contributed by atoms with E-state index in [4.69, 9.17) is 0 Å². The highest BCUT2D eigenvalue weighted by Crippen LogP contribution is 2.46. The van der Waals surface area contributed by atoms with Crippen molar-refractivity contribution in [2.75, 3.05) is 18.1 Å². The summed E-state index contributed by atoms with van der Waals surface area (Å²) in [4.78, 5) is 57.8. The summed E-state index contributed by atoms with van der Waals surface area (Å²) in [6, 6.07) is 36.0. The maximum Gasteiger partial charge on any atom is 0.279 e. The zero-order chi connectivity index (χ0) is 40.4. The van der Waals surface area contributed by atoms with E-state index < -0.39 is 17.4 Å². The van der Waals surface area contributed by atoms with Crippen LogP contribution in [0.2, 0.25) is 0 Å². The van der Waals surface area contributed by atoms with Crippen molar-refractivity contribution >= 4 is 39.0 Å². The van der Waals surface area contributed by atoms with E-state index in [1.165, 1.54) is 14.3 Å². The highest BCUT2D eigenvalue weighted by Gasteiger charge is 2.52. The molecule has 2 N–H and O–H groups in total. The average Bonchev–Trinajstić information content (AvgIpc) is 3.46. The number of carbonyl (C=O) groups is 2. The normalized spacial score (nSPS) is 15.6. The maximum absolute atomic E-state index is 14.6. The third kappa shape index (κ3) is 6.99. The van der Waals surface area contributed by atoms with Crippen LogP contribution in [-0.2, 0) is 28.3 Å². The quantitative estimate of drug-likeness (QED) is 0.156. The first kappa shape index (κ1) is 37.9. The van der Waals surface area contributed by atoms with Gasteiger partial charge >= 0.3 is 0 Å². The molecule has 0 saturated heterocycles. The SMILES string of the molecule is C[C@@H](/C=C/CC(=O)N(CCO)Cc1ccccc1)[C@]1(O)C(=O)N(Cc2ccc(-n3ncc4ccccc4c3=O)cc2)c2ccc(-n3ncc4ccccc4c3=O)cc21. The number of nitrogens with zero attached hydrogens (tertiary/aromatic N) is 6. The molecule has 2 aromatic heterocycles. The summed E-state index contributed by atoms with van der Waals surface area (Å²) in [5.41, 5.74) is 0.632. The van der Waals surface area contributed by atoms with E-state index in [1.807, 2.05) is 48.5 Å². The van der Waals surface area contributed by atoms with E-state index in [9.17, 15) is 29.4 Å². The molecule has 12 nitrogen and oxygen atoms in total. The van der Waals surface area contributed by atoms with Crippen LogP contribution in [-0.4, -0.2) is 59.6 Å². The molecule has 0 aliphatic carbocycles. The Bertz CT molecular complexity index is 2820. The van der Waals surface area contributed by atoms with Gasteiger partial charge in [0.05, 0.1) is 53.4 Å². The van der Waals surface area contributed by atoms with Crippen LogP contribution < -0.4 is 16.0 Å². The fourth-order valence-corrected chi connectivity index (χ4v) is 7.56. The molecule has 0 unspecified atom stereocenters. The van der Waals surface area contributed by atoms with Crippen molar-refractivity contribution in [2.45, 2.75) is 32.0 Å². The summed E-state index contributed by atoms with van der Waals surface area (Å²) in [5.74, 6) is -1.62. The lowest BCUT2D eigenvalue weighted by atomic mass is 9.82. The Labute approximate surface area is 333 Å². The first-order valence-corrected chi connectivity index (χ1v) is 19.0. The van der Waals surface area contributed by atoms with Crippen LogP contribution in [0.15, 0.2) is 155 Å². The highest BCUT2D eigenvalue weighted by atomic mass is 16.3. The smallest absolute Gasteiger partial charge is 0.279 e. The van der Waals surface area contributed by atoms with Gasteiger partial charge in [-0.05, 0) is 53.6 Å². The van der Waals surface area contributed by atoms with Gasteiger partial charge in [-0.2, -0.15) is 19.6 Å². The first-order chi connectivity index (χ1) is 28.2. The second-order valence-electron chi connectivity index (χ2n) is 14.4. The van der Waals surface area contributed by atoms with Crippen LogP contribution in [0.5, 0.6) is 0 Å². The molecule has 3 heterocycles. The van der Waals surface area contributed by atoms with Gasteiger partial charge in [-0.15, -0.1) is 0 Å². The summed E-state index contributed by atoms with van der Waals surface area (Å²) in [5, 5.41) is 33.4. The Hall–Kier alpha value is -7.02. The number of hydrogen-bond acceptors (Lipinski definition) is 8. The second kappa shape index (κ2) is 15.8. The van der Waals surface area contributed by atoms with Crippen LogP contribution in [0.3, 0.4) is 0 Å². The van der Waals surface area contributed by atoms with Gasteiger partial charge in [-0.25, -0.2) is 0 Å². The Kier molecular flexibility index (Phi) is 10.4. The maximum atomic E-state index is 14.6. The lowest BCUT2D eigenvalue weighted by Crippen LogP contribution is -2.44. The topological polar surface area (TPSA) is 151 Å². The Balaban J connectivity index is 1.11. The Morgan fingerprint density at radius 3 is 1.98 bits per heavy atom. The molecule has 0 radical (unpaired) electrons. The van der Waals surface area contributed by atoms with Gasteiger partial charge in [0, 0.05) is 41.8 Å². The summed E-state index contributed by atoms with van der Waals surface area (Å²) in [7, 11) is 0. The predicted octanol–water partition coefficient (Wildman–Crippen LogP) is 5.42. The molecule has 7 aromatic rings. The summed E-state index contributed by atoms with van der Waals surface area (Å²) in [6.45, 7) is 2.09. The number of aliphatic hydroxyl groups excluding tert-OH is 1. The standard InChI is InChI=1S/C46H40N6O6/c1-31(10-9-17-42(54)49(24-25-53)29-32-11-3-2-4-12-32)46(58)40-26-37(52-44(56)39-16-8-6-14-35(39)28-48-52)22-23-41(40)50(45(46)57)30-33-18-20-36(21-19-33)51-43(55)38-15-7-5-13-34(38)27-47-51/h2-16,18-23,26-28,31,53,58H,17,24-25,29-30H2,1H3/b10-9+/t31-,46+/m0/s1. The van der Waals surface area contributed by atoms with Gasteiger partial charge in [0.15, 0.2) is 5.60 Å². The minimum atomic E-state index is -2.08. The molecular formula is C46H40N6O6. The lowest BCUT2D eigenvalue weighted by molar-refractivity contribution is -0.139. The number of fused-ring (bicyclic) bond motifs is 3. The molecule has 290 valence electrons. The molecule has 1 aliphatic heterocycles. The molecule has 0 spiro atoms. The number of hydrogen-bond donors (Lipinski definition) is 2. The molecule has 0 fully saturated rings. The van der Waals surface area contributed by atoms with Crippen LogP contribution >= 0.6 is 0 Å². The van der Waals surface area contributed by atoms with Crippen molar-refractivity contribution < 1.29 is 19.8 Å². The molecule has 2 amide bonds. The molecule has 0 bridgehead atoms. The number of aliphatic hydroxyl groups is 2. The molecule has 58 heavy (non-hydrogen) atoms. The summed E-state index contributed by atoms with van der Waals surface area (Å²) >= 11 is 0. The van der Waals surface area contributed by atoms with Crippen molar-refractivity contribution in [1.29, 1.82) is 0 Å². The van der Waals surface area contributed by atoms with Gasteiger partial charge in [0.25, 0.3) is 17.0 Å². The van der Waals surface area contributed by atoms with Crippen LogP contribution in [0.4, 0.5) is 5.69 Å². The zero-order valence-electron chi connectivity index (χ0n) is 31.7. The van der Waals surface area contributed by atoms with Crippen molar-refractivity contribution in [2.24, 2.45) is 5.92 Å². The van der Waals surface area contributed by atoms with Crippen LogP contribution in [0.1, 0.15) is 30.0 Å². The number of benzene rings is 5. The molecular weight excluding hydrogens is 733 g/mol. The number of amides is 2. The van der Waals surface area contributed by atoms with Gasteiger partial charge < -0.3 is 20.0 Å². The monoisotopic (exact) mass is 772 g/mol. The van der Waals surface area contributed by atoms with E-state index >= 15 is 0 Å². The fourth-order valence-electron chi connectivity index (χ4n) is 7.56. The molecule has 2 atom stereocenters. The van der Waals surface area contributed by atoms with E-state index in [0.717, 1.165) is 16.5 Å². The van der Waals surface area contributed by atoms with Crippen LogP contribution in [0.25, 0.3) is 32.9 Å². The van der Waals surface area contributed by atoms with Gasteiger partial charge in [-0.3, -0.25) is 19.2 Å². The van der Waals surface area contributed by atoms with Crippen molar-refractivity contribution in [3.63, 3.8) is 0 Å². The number of aromatic nitrogens is 4. The number of rotatable bonds is 12. The lowest BCUT2D eigenvalue weighted by Gasteiger charge is -2.28. The highest BCUT2D eigenvalue weighted by molar-refractivity contribution is 6.07. The minimum absolute atomic E-state index is 0.0179. The van der Waals surface area contributed by atoms with Crippen molar-refractivity contribution in [3.8, 4) is 11.4 Å². The van der Waals surface area contributed by atoms with Gasteiger partial charge in [-0.1, -0.05) is 97.9 Å². The minimum Gasteiger partial charge on any atom is -0.395 e. The van der Waals surface area contributed by atoms with E-state index in [0.29, 0.717) is 39.8 Å². The van der Waals surface area contributed by atoms with Gasteiger partial charge in [0.1, 0.15) is 0 Å². The molecule has 1 aliphatic rings. The Morgan fingerprint density at radius 2 is 1.34 bits per heavy atom. The number of carbonyl (C=O) groups excluding carboxylic acids is 2. The third-order valence-electron chi connectivity index (χ3n) is 10.7. The third-order valence-corrected chi connectivity index (χ3v) is 10.7. The predicted molar refractivity (Wildman–Crippen MR) is 222 cm³/mol. The largest absolute Gasteiger partial charge is 0.395 e. The fraction of sp³-hybridized carbons (Fsp3) is 0.174. The summed E-state index contributed by atoms with van der Waals surface area (Å²) < 4.78 is 2.58. The van der Waals surface area contributed by atoms with E-state index in [2.05, 4.69) is 10.2 Å². The zero-order valence-corrected chi connectivity index (χ0v) is 31.7. The first-order valence-electron chi connectivity index (χ1n) is 19.0. The number of anilines is 1. The van der Waals surface area contributed by atoms with Crippen LogP contribution in [0, 0.1) is 5.92 Å². The van der Waals surface area contributed by atoms with E-state index in [1.54, 1.807) is 109 Å². The van der Waals surface area contributed by atoms with Crippen molar-refractivity contribution in [1.82, 2.24) is 24.5 Å². The average molecular weight is 773 g/mol. The van der Waals surface area contributed by atoms with Crippen molar-refractivity contribution in [3.05, 3.63) is 183 Å². The Morgan fingerprint density at radius 1 is 0.759 bits per heavy atom. The van der Waals surface area contributed by atoms with E-state index in [-0.39, 0.29) is 48.7 Å². The molecule has 8 rings (SSSR count). The van der Waals surface area contributed by atoms with Gasteiger partial charge in [0.2, 0.25) is 5.91 Å². The molecule has 12 heteroatoms. The second-order valence-corrected chi connectivity index (χ2v) is 14.4. The summed E-state index contributed by atoms with van der Waals surface area (Å²) in [6.07, 6.45) is 6.51.